The molecule has 0 aromatic carbocycles. The Kier molecular flexibility index (Phi) is 0.974. The Labute approximate surface area is 57.9 Å². The zero-order valence-electron chi connectivity index (χ0n) is 5.61. The molecule has 50 valence electrons. The highest BCUT2D eigenvalue weighted by atomic mass is 16.4. The van der Waals surface area contributed by atoms with Gasteiger partial charge in [-0.25, -0.2) is 0 Å². The molecule has 0 unspecified atom stereocenters. The molecule has 0 radical (unpaired) electrons. The van der Waals surface area contributed by atoms with E-state index in [1.807, 2.05) is 31.3 Å². The Morgan fingerprint density at radius 2 is 2.40 bits per heavy atom. The van der Waals surface area contributed by atoms with Crippen LogP contribution in [-0.2, 0) is 0 Å². The van der Waals surface area contributed by atoms with Crippen molar-refractivity contribution in [2.24, 2.45) is 0 Å². The predicted octanol–water partition coefficient (Wildman–Crippen LogP) is 0.722. The number of rotatable bonds is 0. The highest BCUT2D eigenvalue weighted by molar-refractivity contribution is 5.21. The van der Waals surface area contributed by atoms with Gasteiger partial charge in [0.2, 0.25) is 6.20 Å². The zero-order chi connectivity index (χ0) is 6.97. The van der Waals surface area contributed by atoms with Crippen molar-refractivity contribution in [1.29, 1.82) is 0 Å². The van der Waals surface area contributed by atoms with Gasteiger partial charge in [-0.1, -0.05) is 0 Å². The van der Waals surface area contributed by atoms with Crippen molar-refractivity contribution < 1.29 is 8.93 Å². The molecule has 0 fully saturated rings. The zero-order valence-corrected chi connectivity index (χ0v) is 5.61. The number of pyridine rings is 1. The molecule has 3 nitrogen and oxygen atoms in total. The summed E-state index contributed by atoms with van der Waals surface area (Å²) in [4.78, 5) is 0. The molecule has 2 aromatic heterocycles. The van der Waals surface area contributed by atoms with Crippen LogP contribution in [-0.4, -0.2) is 5.10 Å². The lowest BCUT2D eigenvalue weighted by molar-refractivity contribution is -0.580. The summed E-state index contributed by atoms with van der Waals surface area (Å²) in [6, 6.07) is 5.70. The molecule has 0 atom stereocenters. The molecule has 0 saturated heterocycles. The van der Waals surface area contributed by atoms with Crippen LogP contribution in [0.25, 0.3) is 5.71 Å². The fourth-order valence-corrected chi connectivity index (χ4v) is 0.906. The Morgan fingerprint density at radius 3 is 3.20 bits per heavy atom. The van der Waals surface area contributed by atoms with Gasteiger partial charge in [-0.3, -0.25) is 0 Å². The van der Waals surface area contributed by atoms with Crippen LogP contribution in [0, 0.1) is 6.92 Å². The average Bonchev–Trinajstić information content (AvgIpc) is 2.27. The van der Waals surface area contributed by atoms with E-state index in [0.29, 0.717) is 5.89 Å². The molecular weight excluding hydrogens is 128 g/mol. The minimum absolute atomic E-state index is 0.686. The molecule has 2 aromatic rings. The third-order valence-corrected chi connectivity index (χ3v) is 1.30. The monoisotopic (exact) mass is 135 g/mol. The van der Waals surface area contributed by atoms with E-state index >= 15 is 0 Å². The molecule has 0 aliphatic rings. The van der Waals surface area contributed by atoms with E-state index in [2.05, 4.69) is 5.10 Å². The fraction of sp³-hybridized carbons (Fsp3) is 0.143. The molecule has 0 bridgehead atoms. The molecule has 0 aliphatic heterocycles. The molecule has 10 heavy (non-hydrogen) atoms. The van der Waals surface area contributed by atoms with Gasteiger partial charge in [0, 0.05) is 18.1 Å². The van der Waals surface area contributed by atoms with E-state index in [-0.39, 0.29) is 0 Å². The van der Waals surface area contributed by atoms with Crippen molar-refractivity contribution in [3.05, 3.63) is 30.3 Å². The number of hydrogen-bond donors (Lipinski definition) is 0. The van der Waals surface area contributed by atoms with Gasteiger partial charge in [-0.2, -0.15) is 0 Å². The quantitative estimate of drug-likeness (QED) is 0.498. The first-order chi connectivity index (χ1) is 4.86. The number of hydrogen-bond acceptors (Lipinski definition) is 2. The Morgan fingerprint density at radius 1 is 1.50 bits per heavy atom. The van der Waals surface area contributed by atoms with Crippen LogP contribution in [0.1, 0.15) is 5.89 Å². The van der Waals surface area contributed by atoms with Crippen molar-refractivity contribution in [3.8, 4) is 0 Å². The first-order valence-electron chi connectivity index (χ1n) is 3.10. The Bertz CT molecular complexity index is 320. The summed E-state index contributed by atoms with van der Waals surface area (Å²) in [7, 11) is 0. The molecule has 2 heterocycles. The number of aromatic nitrogens is 2. The van der Waals surface area contributed by atoms with Crippen LogP contribution in [0.15, 0.2) is 28.8 Å². The van der Waals surface area contributed by atoms with Crippen LogP contribution >= 0.6 is 0 Å². The molecule has 3 heteroatoms. The van der Waals surface area contributed by atoms with Crippen LogP contribution in [0.2, 0.25) is 0 Å². The highest BCUT2D eigenvalue weighted by Crippen LogP contribution is 1.96. The van der Waals surface area contributed by atoms with E-state index in [0.717, 1.165) is 5.71 Å². The first kappa shape index (κ1) is 5.41. The lowest BCUT2D eigenvalue weighted by atomic mass is 10.5. The number of fused-ring (bicyclic) bond motifs is 1. The second-order valence-electron chi connectivity index (χ2n) is 2.10. The van der Waals surface area contributed by atoms with Gasteiger partial charge in [0.05, 0.1) is 6.07 Å². The maximum absolute atomic E-state index is 5.22. The largest absolute Gasteiger partial charge is 0.405 e. The normalized spacial score (nSPS) is 10.5. The summed E-state index contributed by atoms with van der Waals surface area (Å²) in [5.74, 6) is 0.686. The van der Waals surface area contributed by atoms with E-state index in [1.54, 1.807) is 4.52 Å². The summed E-state index contributed by atoms with van der Waals surface area (Å²) >= 11 is 0. The van der Waals surface area contributed by atoms with E-state index in [1.165, 1.54) is 0 Å². The summed E-state index contributed by atoms with van der Waals surface area (Å²) in [5, 5.41) is 4.06. The van der Waals surface area contributed by atoms with Gasteiger partial charge in [0.25, 0.3) is 5.89 Å². The van der Waals surface area contributed by atoms with Crippen LogP contribution < -0.4 is 4.52 Å². The van der Waals surface area contributed by atoms with Crippen molar-refractivity contribution in [2.45, 2.75) is 6.92 Å². The van der Waals surface area contributed by atoms with Gasteiger partial charge in [0.15, 0.2) is 0 Å². The van der Waals surface area contributed by atoms with Gasteiger partial charge < -0.3 is 4.42 Å². The Balaban J connectivity index is 2.88. The minimum atomic E-state index is 0.686. The molecule has 2 rings (SSSR count). The fourth-order valence-electron chi connectivity index (χ4n) is 0.906. The van der Waals surface area contributed by atoms with Crippen LogP contribution in [0.5, 0.6) is 0 Å². The third kappa shape index (κ3) is 0.673. The summed E-state index contributed by atoms with van der Waals surface area (Å²) in [5.41, 5.74) is 0.778. The molecule has 0 saturated carbocycles. The second kappa shape index (κ2) is 1.80. The van der Waals surface area contributed by atoms with Crippen molar-refractivity contribution in [2.75, 3.05) is 0 Å². The standard InChI is InChI=1S/C7H7N2O/c1-6-8-9-5-3-2-4-7(9)10-6/h2-5H,1H3/q+1. The number of aryl methyl sites for hydroxylation is 1. The minimum Gasteiger partial charge on any atom is -0.382 e. The van der Waals surface area contributed by atoms with Gasteiger partial charge >= 0.3 is 5.71 Å². The van der Waals surface area contributed by atoms with E-state index in [9.17, 15) is 0 Å². The average molecular weight is 135 g/mol. The second-order valence-corrected chi connectivity index (χ2v) is 2.10. The summed E-state index contributed by atoms with van der Waals surface area (Å²) < 4.78 is 6.92. The molecule has 0 spiro atoms. The third-order valence-electron chi connectivity index (χ3n) is 1.30. The summed E-state index contributed by atoms with van der Waals surface area (Å²) in [6.45, 7) is 1.83. The van der Waals surface area contributed by atoms with Crippen molar-refractivity contribution in [3.63, 3.8) is 0 Å². The van der Waals surface area contributed by atoms with Crippen LogP contribution in [0.3, 0.4) is 0 Å². The van der Waals surface area contributed by atoms with Crippen LogP contribution in [0.4, 0.5) is 0 Å². The van der Waals surface area contributed by atoms with Crippen molar-refractivity contribution >= 4 is 5.71 Å². The van der Waals surface area contributed by atoms with Gasteiger partial charge in [-0.05, 0) is 10.6 Å². The van der Waals surface area contributed by atoms with E-state index in [4.69, 9.17) is 4.42 Å². The maximum Gasteiger partial charge on any atom is 0.405 e. The van der Waals surface area contributed by atoms with E-state index < -0.39 is 0 Å². The predicted molar refractivity (Wildman–Crippen MR) is 34.4 cm³/mol. The molecule has 0 amide bonds. The molecule has 0 aliphatic carbocycles. The Hall–Kier alpha value is -1.38. The molecule has 0 N–H and O–H groups in total. The lowest BCUT2D eigenvalue weighted by Crippen LogP contribution is -2.21. The van der Waals surface area contributed by atoms with Crippen molar-refractivity contribution in [1.82, 2.24) is 5.10 Å². The number of nitrogens with zero attached hydrogens (tertiary/aromatic N) is 2. The topological polar surface area (TPSA) is 30.1 Å². The first-order valence-corrected chi connectivity index (χ1v) is 3.10. The lowest BCUT2D eigenvalue weighted by Gasteiger charge is -1.70. The maximum atomic E-state index is 5.22. The van der Waals surface area contributed by atoms with Gasteiger partial charge in [0.1, 0.15) is 0 Å². The smallest absolute Gasteiger partial charge is 0.382 e. The molecular formula is C7H7N2O+. The SMILES string of the molecule is Cc1n[n+]2ccccc2o1. The summed E-state index contributed by atoms with van der Waals surface area (Å²) in [6.07, 6.45) is 1.85. The highest BCUT2D eigenvalue weighted by Gasteiger charge is 2.06. The van der Waals surface area contributed by atoms with Gasteiger partial charge in [-0.15, -0.1) is 0 Å².